The van der Waals surface area contributed by atoms with E-state index < -0.39 is 0 Å². The van der Waals surface area contributed by atoms with Gasteiger partial charge in [0.2, 0.25) is 0 Å². The van der Waals surface area contributed by atoms with E-state index in [1.165, 1.54) is 36.1 Å². The maximum Gasteiger partial charge on any atom is 0.162 e. The van der Waals surface area contributed by atoms with Gasteiger partial charge in [-0.1, -0.05) is 36.4 Å². The van der Waals surface area contributed by atoms with Gasteiger partial charge in [-0.05, 0) is 109 Å². The van der Waals surface area contributed by atoms with Gasteiger partial charge in [0.1, 0.15) is 25.3 Å². The molecular weight excluding hydrogens is 655 g/mol. The molecule has 0 atom stereocenters. The van der Waals surface area contributed by atoms with E-state index in [-0.39, 0.29) is 0 Å². The summed E-state index contributed by atoms with van der Waals surface area (Å²) in [6.07, 6.45) is 8.22. The fourth-order valence-electron chi connectivity index (χ4n) is 7.19. The lowest BCUT2D eigenvalue weighted by Crippen LogP contribution is -2.10. The average molecular weight is 684 g/mol. The molecule has 0 aliphatic carbocycles. The van der Waals surface area contributed by atoms with Crippen molar-refractivity contribution in [2.45, 2.75) is 0 Å². The number of nitrogens with zero attached hydrogens (tertiary/aromatic N) is 9. The second-order valence-corrected chi connectivity index (χ2v) is 12.7. The maximum atomic E-state index is 4.36. The number of aromatic nitrogens is 8. The summed E-state index contributed by atoms with van der Waals surface area (Å²) >= 11 is 0. The highest BCUT2D eigenvalue weighted by Gasteiger charge is 2.19. The first kappa shape index (κ1) is 30.3. The van der Waals surface area contributed by atoms with E-state index in [4.69, 9.17) is 0 Å². The van der Waals surface area contributed by atoms with Gasteiger partial charge >= 0.3 is 0 Å². The van der Waals surface area contributed by atoms with Crippen LogP contribution in [0.2, 0.25) is 0 Å². The predicted octanol–water partition coefficient (Wildman–Crippen LogP) is 9.90. The third kappa shape index (κ3) is 5.35. The summed E-state index contributed by atoms with van der Waals surface area (Å²) in [6.45, 7) is 0. The minimum Gasteiger partial charge on any atom is -0.317 e. The van der Waals surface area contributed by atoms with Crippen molar-refractivity contribution in [2.24, 2.45) is 0 Å². The van der Waals surface area contributed by atoms with Gasteiger partial charge in [-0.15, -0.1) is 0 Å². The Hall–Kier alpha value is -7.52. The molecule has 0 amide bonds. The number of para-hydroxylation sites is 2. The van der Waals surface area contributed by atoms with Crippen molar-refractivity contribution in [2.75, 3.05) is 4.90 Å². The van der Waals surface area contributed by atoms with Crippen LogP contribution in [0.4, 0.5) is 17.1 Å². The summed E-state index contributed by atoms with van der Waals surface area (Å²) in [5.41, 5.74) is 10.5. The summed E-state index contributed by atoms with van der Waals surface area (Å²) < 4.78 is 4.63. The first-order valence-corrected chi connectivity index (χ1v) is 17.2. The molecule has 9 nitrogen and oxygen atoms in total. The lowest BCUT2D eigenvalue weighted by molar-refractivity contribution is 1.06. The van der Waals surface area contributed by atoms with Crippen LogP contribution in [0.15, 0.2) is 177 Å². The van der Waals surface area contributed by atoms with E-state index in [1.54, 1.807) is 0 Å². The lowest BCUT2D eigenvalue weighted by Gasteiger charge is -2.26. The van der Waals surface area contributed by atoms with Gasteiger partial charge in [0, 0.05) is 61.9 Å². The fourth-order valence-corrected chi connectivity index (χ4v) is 7.19. The number of hydrogen-bond donors (Lipinski definition) is 0. The first-order valence-electron chi connectivity index (χ1n) is 17.2. The Morgan fingerprint density at radius 2 is 0.943 bits per heavy atom. The van der Waals surface area contributed by atoms with Gasteiger partial charge in [-0.3, -0.25) is 0 Å². The molecule has 9 heteroatoms. The maximum absolute atomic E-state index is 4.36. The molecule has 53 heavy (non-hydrogen) atoms. The van der Waals surface area contributed by atoms with Crippen molar-refractivity contribution >= 4 is 49.8 Å². The molecule has 10 rings (SSSR count). The molecule has 0 fully saturated rings. The predicted molar refractivity (Wildman–Crippen MR) is 210 cm³/mol. The number of fused-ring (bicyclic) bond motifs is 4. The lowest BCUT2D eigenvalue weighted by atomic mass is 10.1. The fraction of sp³-hybridized carbons (Fsp3) is 0. The number of anilines is 3. The Morgan fingerprint density at radius 3 is 1.53 bits per heavy atom. The smallest absolute Gasteiger partial charge is 0.162 e. The van der Waals surface area contributed by atoms with Crippen LogP contribution in [-0.4, -0.2) is 39.0 Å². The Labute approximate surface area is 304 Å². The Bertz CT molecular complexity index is 2770. The third-order valence-corrected chi connectivity index (χ3v) is 9.62. The van der Waals surface area contributed by atoms with Crippen LogP contribution < -0.4 is 4.90 Å². The van der Waals surface area contributed by atoms with Crippen LogP contribution in [0.1, 0.15) is 0 Å². The monoisotopic (exact) mass is 683 g/mol. The highest BCUT2D eigenvalue weighted by Crippen LogP contribution is 2.41. The van der Waals surface area contributed by atoms with Gasteiger partial charge in [-0.2, -0.15) is 0 Å². The summed E-state index contributed by atoms with van der Waals surface area (Å²) in [6, 6.07) is 51.3. The molecule has 0 N–H and O–H groups in total. The first-order chi connectivity index (χ1) is 26.3. The molecule has 10 aromatic rings. The SMILES string of the molecule is c1ccc(-n2ccc3cc4c(cc32)c2cc(N(c3ccc(-c5ncncn5)cc3)c3ccc(-c5ncncn5)cc3)ccc2n4-c2ccccc2)cc1. The van der Waals surface area contributed by atoms with Crippen molar-refractivity contribution in [1.82, 2.24) is 39.0 Å². The van der Waals surface area contributed by atoms with Crippen LogP contribution >= 0.6 is 0 Å². The summed E-state index contributed by atoms with van der Waals surface area (Å²) in [7, 11) is 0. The van der Waals surface area contributed by atoms with Crippen molar-refractivity contribution < 1.29 is 0 Å². The van der Waals surface area contributed by atoms with Crippen LogP contribution in [0, 0.1) is 0 Å². The second kappa shape index (κ2) is 12.7. The third-order valence-electron chi connectivity index (χ3n) is 9.62. The molecule has 4 heterocycles. The van der Waals surface area contributed by atoms with Gasteiger partial charge in [0.25, 0.3) is 0 Å². The van der Waals surface area contributed by atoms with Crippen LogP contribution in [0.3, 0.4) is 0 Å². The highest BCUT2D eigenvalue weighted by molar-refractivity contribution is 6.14. The van der Waals surface area contributed by atoms with E-state index >= 15 is 0 Å². The van der Waals surface area contributed by atoms with E-state index in [2.05, 4.69) is 171 Å². The molecule has 0 aliphatic heterocycles. The minimum absolute atomic E-state index is 0.626. The molecule has 0 saturated carbocycles. The summed E-state index contributed by atoms with van der Waals surface area (Å²) in [4.78, 5) is 27.7. The van der Waals surface area contributed by atoms with E-state index in [1.807, 2.05) is 24.3 Å². The molecule has 4 aromatic heterocycles. The molecule has 250 valence electrons. The van der Waals surface area contributed by atoms with Crippen LogP contribution in [-0.2, 0) is 0 Å². The molecule has 0 aliphatic rings. The Morgan fingerprint density at radius 1 is 0.415 bits per heavy atom. The number of benzene rings is 6. The molecule has 0 saturated heterocycles. The standard InChI is InChI=1S/C44H29N9/c1-3-7-33(8-4-1)51-22-21-32-23-42-39(25-41(32)51)38-24-37(19-20-40(38)53(42)34-9-5-2-6-10-34)52(35-15-11-30(12-16-35)43-47-26-45-27-48-43)36-17-13-31(14-18-36)44-49-28-46-29-50-44/h1-29H. The van der Waals surface area contributed by atoms with Gasteiger partial charge in [0.15, 0.2) is 11.6 Å². The Kier molecular flexibility index (Phi) is 7.25. The van der Waals surface area contributed by atoms with Crippen LogP contribution in [0.5, 0.6) is 0 Å². The zero-order valence-corrected chi connectivity index (χ0v) is 28.3. The van der Waals surface area contributed by atoms with E-state index in [9.17, 15) is 0 Å². The van der Waals surface area contributed by atoms with Crippen molar-refractivity contribution in [3.05, 3.63) is 177 Å². The molecule has 0 spiro atoms. The molecular formula is C44H29N9. The summed E-state index contributed by atoms with van der Waals surface area (Å²) in [5, 5.41) is 3.50. The van der Waals surface area contributed by atoms with E-state index in [0.29, 0.717) is 11.6 Å². The van der Waals surface area contributed by atoms with Gasteiger partial charge in [-0.25, -0.2) is 29.9 Å². The van der Waals surface area contributed by atoms with Crippen LogP contribution in [0.25, 0.3) is 66.9 Å². The highest BCUT2D eigenvalue weighted by atomic mass is 15.1. The number of hydrogen-bond acceptors (Lipinski definition) is 7. The average Bonchev–Trinajstić information content (AvgIpc) is 3.80. The molecule has 6 aromatic carbocycles. The Balaban J connectivity index is 1.18. The van der Waals surface area contributed by atoms with Gasteiger partial charge < -0.3 is 14.0 Å². The largest absolute Gasteiger partial charge is 0.317 e. The summed E-state index contributed by atoms with van der Waals surface area (Å²) in [5.74, 6) is 1.25. The molecule has 0 unspecified atom stereocenters. The van der Waals surface area contributed by atoms with E-state index in [0.717, 1.165) is 61.5 Å². The zero-order chi connectivity index (χ0) is 35.1. The number of rotatable bonds is 7. The zero-order valence-electron chi connectivity index (χ0n) is 28.3. The quantitative estimate of drug-likeness (QED) is 0.165. The topological polar surface area (TPSA) is 90.4 Å². The molecule has 0 radical (unpaired) electrons. The normalized spacial score (nSPS) is 11.4. The van der Waals surface area contributed by atoms with Crippen molar-refractivity contribution in [1.29, 1.82) is 0 Å². The minimum atomic E-state index is 0.626. The van der Waals surface area contributed by atoms with Gasteiger partial charge in [0.05, 0.1) is 16.6 Å². The van der Waals surface area contributed by atoms with Crippen molar-refractivity contribution in [3.8, 4) is 34.2 Å². The second-order valence-electron chi connectivity index (χ2n) is 12.7. The van der Waals surface area contributed by atoms with Crippen molar-refractivity contribution in [3.63, 3.8) is 0 Å². The molecule has 0 bridgehead atoms.